The zero-order chi connectivity index (χ0) is 9.97. The number of nitrogens with zero attached hydrogens (tertiary/aromatic N) is 3. The van der Waals surface area contributed by atoms with Crippen molar-refractivity contribution in [2.24, 2.45) is 0 Å². The third-order valence-corrected chi connectivity index (χ3v) is 2.50. The molecule has 0 bridgehead atoms. The van der Waals surface area contributed by atoms with Crippen molar-refractivity contribution in [3.8, 4) is 11.3 Å². The van der Waals surface area contributed by atoms with E-state index in [2.05, 4.69) is 26.2 Å². The van der Waals surface area contributed by atoms with Crippen LogP contribution in [0.15, 0.2) is 23.0 Å². The second-order valence-electron chi connectivity index (χ2n) is 2.90. The summed E-state index contributed by atoms with van der Waals surface area (Å²) in [5.74, 6) is 0.823. The van der Waals surface area contributed by atoms with E-state index in [9.17, 15) is 0 Å². The van der Waals surface area contributed by atoms with Gasteiger partial charge in [-0.05, 0) is 6.92 Å². The molecule has 0 atom stereocenters. The fraction of sp³-hybridized carbons (Fsp3) is 0.333. The summed E-state index contributed by atoms with van der Waals surface area (Å²) in [4.78, 5) is 0. The summed E-state index contributed by atoms with van der Waals surface area (Å²) < 4.78 is 6.94. The smallest absolute Gasteiger partial charge is 0.147 e. The molecular formula is C9H10BrN3O. The van der Waals surface area contributed by atoms with Gasteiger partial charge in [-0.15, -0.1) is 0 Å². The van der Waals surface area contributed by atoms with Crippen LogP contribution in [0.1, 0.15) is 12.7 Å². The molecule has 4 nitrogen and oxygen atoms in total. The Morgan fingerprint density at radius 3 is 3.00 bits per heavy atom. The van der Waals surface area contributed by atoms with Gasteiger partial charge in [-0.3, -0.25) is 4.68 Å². The second-order valence-corrected chi connectivity index (χ2v) is 3.46. The summed E-state index contributed by atoms with van der Waals surface area (Å²) in [5, 5.41) is 8.80. The van der Waals surface area contributed by atoms with Crippen molar-refractivity contribution in [3.05, 3.63) is 24.2 Å². The topological polar surface area (TPSA) is 43.9 Å². The van der Waals surface area contributed by atoms with E-state index >= 15 is 0 Å². The van der Waals surface area contributed by atoms with Gasteiger partial charge in [-0.2, -0.15) is 5.10 Å². The van der Waals surface area contributed by atoms with E-state index in [1.54, 1.807) is 6.20 Å². The van der Waals surface area contributed by atoms with E-state index in [0.29, 0.717) is 5.33 Å². The minimum absolute atomic E-state index is 0.682. The second kappa shape index (κ2) is 3.96. The molecule has 0 saturated heterocycles. The van der Waals surface area contributed by atoms with Crippen molar-refractivity contribution in [2.75, 3.05) is 0 Å². The lowest BCUT2D eigenvalue weighted by atomic mass is 10.2. The van der Waals surface area contributed by atoms with Crippen LogP contribution in [0.25, 0.3) is 11.3 Å². The molecule has 0 N–H and O–H groups in total. The van der Waals surface area contributed by atoms with E-state index in [-0.39, 0.29) is 0 Å². The number of rotatable bonds is 3. The van der Waals surface area contributed by atoms with Crippen LogP contribution in [0, 0.1) is 0 Å². The predicted molar refractivity (Wildman–Crippen MR) is 56.0 cm³/mol. The highest BCUT2D eigenvalue weighted by atomic mass is 79.9. The average molecular weight is 256 g/mol. The van der Waals surface area contributed by atoms with Gasteiger partial charge >= 0.3 is 0 Å². The molecule has 0 aliphatic carbocycles. The monoisotopic (exact) mass is 255 g/mol. The van der Waals surface area contributed by atoms with Gasteiger partial charge in [0.1, 0.15) is 11.5 Å². The SMILES string of the molecule is CCn1cc(-c2cc(CBr)on2)cn1. The summed E-state index contributed by atoms with van der Waals surface area (Å²) in [7, 11) is 0. The Kier molecular flexibility index (Phi) is 2.67. The maximum atomic E-state index is 5.08. The fourth-order valence-electron chi connectivity index (χ4n) is 1.18. The first-order valence-electron chi connectivity index (χ1n) is 4.38. The van der Waals surface area contributed by atoms with Gasteiger partial charge in [0.15, 0.2) is 0 Å². The Balaban J connectivity index is 2.29. The van der Waals surface area contributed by atoms with Crippen molar-refractivity contribution in [1.29, 1.82) is 0 Å². The molecule has 0 spiro atoms. The van der Waals surface area contributed by atoms with Crippen molar-refractivity contribution in [3.63, 3.8) is 0 Å². The van der Waals surface area contributed by atoms with Crippen LogP contribution in [0.4, 0.5) is 0 Å². The maximum Gasteiger partial charge on any atom is 0.147 e. The normalized spacial score (nSPS) is 10.7. The van der Waals surface area contributed by atoms with Gasteiger partial charge in [0.25, 0.3) is 0 Å². The number of hydrogen-bond donors (Lipinski definition) is 0. The molecule has 0 radical (unpaired) electrons. The molecule has 0 amide bonds. The molecule has 0 aromatic carbocycles. The Morgan fingerprint density at radius 2 is 2.43 bits per heavy atom. The minimum atomic E-state index is 0.682. The summed E-state index contributed by atoms with van der Waals surface area (Å²) in [5.41, 5.74) is 1.82. The first kappa shape index (κ1) is 9.45. The van der Waals surface area contributed by atoms with Gasteiger partial charge in [-0.25, -0.2) is 0 Å². The molecule has 5 heteroatoms. The highest BCUT2D eigenvalue weighted by Gasteiger charge is 2.07. The zero-order valence-electron chi connectivity index (χ0n) is 7.77. The van der Waals surface area contributed by atoms with Crippen LogP contribution >= 0.6 is 15.9 Å². The molecule has 0 saturated carbocycles. The predicted octanol–water partition coefficient (Wildman–Crippen LogP) is 2.45. The first-order valence-corrected chi connectivity index (χ1v) is 5.50. The number of halogens is 1. The van der Waals surface area contributed by atoms with Crippen LogP contribution in [-0.2, 0) is 11.9 Å². The van der Waals surface area contributed by atoms with Crippen LogP contribution in [-0.4, -0.2) is 14.9 Å². The van der Waals surface area contributed by atoms with E-state index in [1.165, 1.54) is 0 Å². The van der Waals surface area contributed by atoms with Gasteiger partial charge < -0.3 is 4.52 Å². The maximum absolute atomic E-state index is 5.08. The number of aryl methyl sites for hydroxylation is 1. The van der Waals surface area contributed by atoms with Crippen molar-refractivity contribution in [2.45, 2.75) is 18.8 Å². The van der Waals surface area contributed by atoms with Crippen LogP contribution in [0.3, 0.4) is 0 Å². The first-order chi connectivity index (χ1) is 6.83. The molecule has 74 valence electrons. The van der Waals surface area contributed by atoms with Gasteiger partial charge in [-0.1, -0.05) is 21.1 Å². The number of alkyl halides is 1. The molecule has 2 rings (SSSR count). The molecule has 0 unspecified atom stereocenters. The van der Waals surface area contributed by atoms with Crippen LogP contribution < -0.4 is 0 Å². The Morgan fingerprint density at radius 1 is 1.57 bits per heavy atom. The quantitative estimate of drug-likeness (QED) is 0.792. The van der Waals surface area contributed by atoms with Crippen molar-refractivity contribution >= 4 is 15.9 Å². The van der Waals surface area contributed by atoms with E-state index in [4.69, 9.17) is 4.52 Å². The third-order valence-electron chi connectivity index (χ3n) is 1.94. The van der Waals surface area contributed by atoms with Gasteiger partial charge in [0.05, 0.1) is 11.5 Å². The molecule has 0 aliphatic heterocycles. The van der Waals surface area contributed by atoms with E-state index < -0.39 is 0 Å². The highest BCUT2D eigenvalue weighted by Crippen LogP contribution is 2.19. The third kappa shape index (κ3) is 1.72. The highest BCUT2D eigenvalue weighted by molar-refractivity contribution is 9.08. The van der Waals surface area contributed by atoms with Gasteiger partial charge in [0, 0.05) is 24.4 Å². The summed E-state index contributed by atoms with van der Waals surface area (Å²) in [6.45, 7) is 2.91. The van der Waals surface area contributed by atoms with Gasteiger partial charge in [0.2, 0.25) is 0 Å². The molecule has 2 heterocycles. The zero-order valence-corrected chi connectivity index (χ0v) is 9.36. The fourth-order valence-corrected chi connectivity index (χ4v) is 1.45. The van der Waals surface area contributed by atoms with Crippen LogP contribution in [0.5, 0.6) is 0 Å². The summed E-state index contributed by atoms with van der Waals surface area (Å²) >= 11 is 3.31. The largest absolute Gasteiger partial charge is 0.360 e. The Bertz CT molecular complexity index is 381. The van der Waals surface area contributed by atoms with E-state index in [1.807, 2.05) is 23.9 Å². The minimum Gasteiger partial charge on any atom is -0.360 e. The lowest BCUT2D eigenvalue weighted by molar-refractivity contribution is 0.398. The van der Waals surface area contributed by atoms with Crippen LogP contribution in [0.2, 0.25) is 0 Å². The molecule has 14 heavy (non-hydrogen) atoms. The van der Waals surface area contributed by atoms with Crippen molar-refractivity contribution in [1.82, 2.24) is 14.9 Å². The van der Waals surface area contributed by atoms with E-state index in [0.717, 1.165) is 23.6 Å². The standard InChI is InChI=1S/C9H10BrN3O/c1-2-13-6-7(5-11-13)9-3-8(4-10)14-12-9/h3,5-6H,2,4H2,1H3. The number of aromatic nitrogens is 3. The number of hydrogen-bond acceptors (Lipinski definition) is 3. The Labute approximate surface area is 90.0 Å². The molecule has 0 fully saturated rings. The lowest BCUT2D eigenvalue weighted by Crippen LogP contribution is -1.91. The summed E-state index contributed by atoms with van der Waals surface area (Å²) in [6.07, 6.45) is 3.75. The Hall–Kier alpha value is -1.10. The molecule has 2 aromatic rings. The molecule has 0 aliphatic rings. The average Bonchev–Trinajstić information content (AvgIpc) is 2.86. The lowest BCUT2D eigenvalue weighted by Gasteiger charge is -1.89. The summed E-state index contributed by atoms with van der Waals surface area (Å²) in [6, 6.07) is 1.91. The molecule has 2 aromatic heterocycles. The molecular weight excluding hydrogens is 246 g/mol. The van der Waals surface area contributed by atoms with Crippen molar-refractivity contribution < 1.29 is 4.52 Å².